The number of nitrogens with one attached hydrogen (secondary N) is 3. The third-order valence-corrected chi connectivity index (χ3v) is 3.95. The quantitative estimate of drug-likeness (QED) is 0.172. The van der Waals surface area contributed by atoms with Crippen molar-refractivity contribution >= 4 is 41.4 Å². The summed E-state index contributed by atoms with van der Waals surface area (Å²) in [5, 5.41) is 9.94. The largest absolute Gasteiger partial charge is 0.493 e. The summed E-state index contributed by atoms with van der Waals surface area (Å²) in [5.74, 6) is 2.49. The fourth-order valence-electron chi connectivity index (χ4n) is 2.51. The summed E-state index contributed by atoms with van der Waals surface area (Å²) in [7, 11) is 3.46. The molecule has 1 aromatic carbocycles. The van der Waals surface area contributed by atoms with Crippen molar-refractivity contribution in [1.82, 2.24) is 10.3 Å². The summed E-state index contributed by atoms with van der Waals surface area (Å²) in [6.45, 7) is 3.08. The van der Waals surface area contributed by atoms with Gasteiger partial charge in [0.15, 0.2) is 5.96 Å². The number of ether oxygens (including phenoxy) is 2. The van der Waals surface area contributed by atoms with Crippen LogP contribution in [0.15, 0.2) is 53.7 Å². The molecule has 0 amide bonds. The molecule has 0 radical (unpaired) electrons. The van der Waals surface area contributed by atoms with E-state index in [-0.39, 0.29) is 24.0 Å². The molecule has 2 rings (SSSR count). The van der Waals surface area contributed by atoms with Crippen LogP contribution in [0.5, 0.6) is 5.75 Å². The fraction of sp³-hybridized carbons (Fsp3) is 0.429. The van der Waals surface area contributed by atoms with Gasteiger partial charge in [-0.25, -0.2) is 4.98 Å². The van der Waals surface area contributed by atoms with Gasteiger partial charge in [0, 0.05) is 58.2 Å². The van der Waals surface area contributed by atoms with Gasteiger partial charge in [-0.2, -0.15) is 0 Å². The summed E-state index contributed by atoms with van der Waals surface area (Å²) in [6, 6.07) is 13.7. The fourth-order valence-corrected chi connectivity index (χ4v) is 2.51. The van der Waals surface area contributed by atoms with Gasteiger partial charge in [-0.15, -0.1) is 24.0 Å². The molecule has 7 nitrogen and oxygen atoms in total. The van der Waals surface area contributed by atoms with Crippen LogP contribution in [-0.2, 0) is 4.74 Å². The maximum atomic E-state index is 5.73. The smallest absolute Gasteiger partial charge is 0.195 e. The maximum Gasteiger partial charge on any atom is 0.195 e. The van der Waals surface area contributed by atoms with Crippen molar-refractivity contribution < 1.29 is 9.47 Å². The van der Waals surface area contributed by atoms with Crippen LogP contribution in [0.25, 0.3) is 0 Å². The van der Waals surface area contributed by atoms with Crippen LogP contribution in [-0.4, -0.2) is 51.4 Å². The van der Waals surface area contributed by atoms with Crippen molar-refractivity contribution in [3.63, 3.8) is 0 Å². The lowest BCUT2D eigenvalue weighted by molar-refractivity contribution is 0.172. The Balaban J connectivity index is 0.00000420. The molecule has 0 fully saturated rings. The second-order valence-corrected chi connectivity index (χ2v) is 6.20. The van der Waals surface area contributed by atoms with Gasteiger partial charge in [-0.3, -0.25) is 4.99 Å². The molecule has 0 unspecified atom stereocenters. The van der Waals surface area contributed by atoms with Crippen molar-refractivity contribution in [2.75, 3.05) is 51.1 Å². The molecule has 29 heavy (non-hydrogen) atoms. The van der Waals surface area contributed by atoms with Crippen LogP contribution < -0.4 is 20.7 Å². The number of benzene rings is 1. The van der Waals surface area contributed by atoms with E-state index in [1.54, 1.807) is 20.4 Å². The van der Waals surface area contributed by atoms with Gasteiger partial charge in [0.05, 0.1) is 6.61 Å². The van der Waals surface area contributed by atoms with Gasteiger partial charge < -0.3 is 25.4 Å². The highest BCUT2D eigenvalue weighted by Crippen LogP contribution is 2.17. The lowest BCUT2D eigenvalue weighted by Crippen LogP contribution is -2.31. The summed E-state index contributed by atoms with van der Waals surface area (Å²) >= 11 is 0. The molecule has 3 N–H and O–H groups in total. The number of aliphatic imine (C=N–C) groups is 1. The van der Waals surface area contributed by atoms with E-state index in [1.165, 1.54) is 0 Å². The van der Waals surface area contributed by atoms with E-state index in [9.17, 15) is 0 Å². The number of methoxy groups -OCH3 is 1. The van der Waals surface area contributed by atoms with Crippen molar-refractivity contribution in [3.8, 4) is 5.75 Å². The normalized spacial score (nSPS) is 10.8. The molecule has 0 atom stereocenters. The van der Waals surface area contributed by atoms with Crippen LogP contribution in [0.1, 0.15) is 19.3 Å². The molecule has 0 aliphatic rings. The first-order valence-corrected chi connectivity index (χ1v) is 9.66. The number of hydrogen-bond acceptors (Lipinski definition) is 5. The van der Waals surface area contributed by atoms with Crippen LogP contribution in [0.3, 0.4) is 0 Å². The van der Waals surface area contributed by atoms with Crippen molar-refractivity contribution in [2.45, 2.75) is 19.3 Å². The molecule has 0 spiro atoms. The van der Waals surface area contributed by atoms with E-state index in [2.05, 4.69) is 25.9 Å². The molecule has 0 bridgehead atoms. The first-order chi connectivity index (χ1) is 13.8. The lowest BCUT2D eigenvalue weighted by atomic mass is 10.3. The topological polar surface area (TPSA) is 79.8 Å². The van der Waals surface area contributed by atoms with Crippen LogP contribution in [0, 0.1) is 0 Å². The maximum absolute atomic E-state index is 5.73. The Morgan fingerprint density at radius 3 is 2.66 bits per heavy atom. The average molecular weight is 513 g/mol. The zero-order valence-electron chi connectivity index (χ0n) is 17.2. The minimum atomic E-state index is 0. The Kier molecular flexibility index (Phi) is 13.6. The average Bonchev–Trinajstić information content (AvgIpc) is 2.74. The molecule has 2 aromatic rings. The molecule has 0 saturated heterocycles. The van der Waals surface area contributed by atoms with Crippen LogP contribution in [0.4, 0.5) is 11.5 Å². The first kappa shape index (κ1) is 25.0. The van der Waals surface area contributed by atoms with E-state index in [4.69, 9.17) is 9.47 Å². The van der Waals surface area contributed by atoms with Gasteiger partial charge >= 0.3 is 0 Å². The molecule has 1 aromatic heterocycles. The number of pyridine rings is 1. The predicted octanol–water partition coefficient (Wildman–Crippen LogP) is 3.99. The highest BCUT2D eigenvalue weighted by molar-refractivity contribution is 14.0. The third-order valence-electron chi connectivity index (χ3n) is 3.95. The third kappa shape index (κ3) is 10.9. The van der Waals surface area contributed by atoms with E-state index in [1.807, 2.05) is 42.5 Å². The monoisotopic (exact) mass is 513 g/mol. The molecule has 0 aliphatic heterocycles. The summed E-state index contributed by atoms with van der Waals surface area (Å²) in [6.07, 6.45) is 4.74. The number of anilines is 2. The van der Waals surface area contributed by atoms with Crippen molar-refractivity contribution in [1.29, 1.82) is 0 Å². The predicted molar refractivity (Wildman–Crippen MR) is 131 cm³/mol. The first-order valence-electron chi connectivity index (χ1n) is 9.66. The molecular formula is C21H32IN5O2. The number of nitrogens with zero attached hydrogens (tertiary/aromatic N) is 2. The van der Waals surface area contributed by atoms with E-state index >= 15 is 0 Å². The Hall–Kier alpha value is -2.07. The van der Waals surface area contributed by atoms with E-state index < -0.39 is 0 Å². The minimum Gasteiger partial charge on any atom is -0.493 e. The molecule has 160 valence electrons. The number of hydrogen-bond donors (Lipinski definition) is 3. The van der Waals surface area contributed by atoms with Crippen molar-refractivity contribution in [3.05, 3.63) is 48.7 Å². The van der Waals surface area contributed by atoms with Crippen LogP contribution in [0.2, 0.25) is 0 Å². The zero-order valence-corrected chi connectivity index (χ0v) is 19.5. The highest BCUT2D eigenvalue weighted by Gasteiger charge is 2.01. The number of halogens is 1. The number of unbranched alkanes of at least 4 members (excludes halogenated alkanes) is 1. The second kappa shape index (κ2) is 15.8. The highest BCUT2D eigenvalue weighted by atomic mass is 127. The Morgan fingerprint density at radius 2 is 1.90 bits per heavy atom. The zero-order chi connectivity index (χ0) is 19.9. The Morgan fingerprint density at radius 1 is 1.03 bits per heavy atom. The van der Waals surface area contributed by atoms with Gasteiger partial charge in [-0.1, -0.05) is 12.1 Å². The summed E-state index contributed by atoms with van der Waals surface area (Å²) in [4.78, 5) is 8.52. The second-order valence-electron chi connectivity index (χ2n) is 6.20. The van der Waals surface area contributed by atoms with Crippen molar-refractivity contribution in [2.24, 2.45) is 4.99 Å². The van der Waals surface area contributed by atoms with Gasteiger partial charge in [0.2, 0.25) is 0 Å². The lowest BCUT2D eigenvalue weighted by Gasteiger charge is -2.13. The summed E-state index contributed by atoms with van der Waals surface area (Å²) in [5.41, 5.74) is 0.939. The van der Waals surface area contributed by atoms with E-state index in [0.29, 0.717) is 13.2 Å². The molecule has 1 heterocycles. The molecule has 0 saturated carbocycles. The van der Waals surface area contributed by atoms with Gasteiger partial charge in [0.25, 0.3) is 0 Å². The van der Waals surface area contributed by atoms with Crippen LogP contribution >= 0.6 is 24.0 Å². The minimum absolute atomic E-state index is 0. The number of rotatable bonds is 12. The Labute approximate surface area is 190 Å². The molecular weight excluding hydrogens is 481 g/mol. The SMILES string of the molecule is CN=C(NCCCCNc1ccccn1)Nc1cccc(OCCCOC)c1.I. The Bertz CT molecular complexity index is 700. The number of guanidine groups is 1. The number of aromatic nitrogens is 1. The van der Waals surface area contributed by atoms with E-state index in [0.717, 1.165) is 55.6 Å². The molecule has 0 aliphatic carbocycles. The molecule has 8 heteroatoms. The standard InChI is InChI=1S/C21H31N5O2.HI/c1-22-21(25-14-6-5-13-24-20-11-3-4-12-23-20)26-18-9-7-10-19(17-18)28-16-8-15-27-2;/h3-4,7,9-12,17H,5-6,8,13-16H2,1-2H3,(H,23,24)(H2,22,25,26);1H. The van der Waals surface area contributed by atoms with Gasteiger partial charge in [0.1, 0.15) is 11.6 Å². The summed E-state index contributed by atoms with van der Waals surface area (Å²) < 4.78 is 10.8. The van der Waals surface area contributed by atoms with Gasteiger partial charge in [-0.05, 0) is 37.1 Å².